The van der Waals surface area contributed by atoms with Gasteiger partial charge in [-0.3, -0.25) is 14.9 Å². The molecular weight excluding hydrogens is 366 g/mol. The molecule has 9 heteroatoms. The number of amides is 1. The molecule has 0 radical (unpaired) electrons. The van der Waals surface area contributed by atoms with Gasteiger partial charge in [0.25, 0.3) is 11.6 Å². The van der Waals surface area contributed by atoms with Crippen LogP contribution in [-0.4, -0.2) is 20.4 Å². The minimum absolute atomic E-state index is 0.0320. The Bertz CT molecular complexity index is 1050. The Morgan fingerprint density at radius 1 is 1.22 bits per heavy atom. The lowest BCUT2D eigenvalue weighted by atomic mass is 10.1. The maximum Gasteiger partial charge on any atom is 0.283 e. The SMILES string of the molecule is Cn1ccnc1Sc1ccc([C@@H]2NC(=O)c3ccccc3N2)cc1[N+](=O)[O-]. The Hall–Kier alpha value is -3.33. The van der Waals surface area contributed by atoms with Crippen LogP contribution in [0.4, 0.5) is 11.4 Å². The molecule has 0 spiro atoms. The Morgan fingerprint density at radius 3 is 2.78 bits per heavy atom. The number of aromatic nitrogens is 2. The number of imidazole rings is 1. The molecule has 1 aliphatic heterocycles. The predicted octanol–water partition coefficient (Wildman–Crippen LogP) is 3.33. The van der Waals surface area contributed by atoms with Crippen LogP contribution >= 0.6 is 11.8 Å². The number of nitrogens with zero attached hydrogens (tertiary/aromatic N) is 3. The Kier molecular flexibility index (Phi) is 4.28. The molecule has 0 bridgehead atoms. The molecule has 1 amide bonds. The molecule has 1 aliphatic rings. The molecule has 1 aromatic heterocycles. The zero-order valence-corrected chi connectivity index (χ0v) is 15.1. The average molecular weight is 381 g/mol. The van der Waals surface area contributed by atoms with E-state index < -0.39 is 11.1 Å². The topological polar surface area (TPSA) is 102 Å². The maximum atomic E-state index is 12.3. The number of nitro groups is 1. The quantitative estimate of drug-likeness (QED) is 0.531. The highest BCUT2D eigenvalue weighted by Gasteiger charge is 2.26. The fraction of sp³-hybridized carbons (Fsp3) is 0.111. The zero-order valence-electron chi connectivity index (χ0n) is 14.2. The Morgan fingerprint density at radius 2 is 2.04 bits per heavy atom. The molecule has 0 unspecified atom stereocenters. The minimum atomic E-state index is -0.543. The van der Waals surface area contributed by atoms with Crippen molar-refractivity contribution in [3.8, 4) is 0 Å². The summed E-state index contributed by atoms with van der Waals surface area (Å²) in [5, 5.41) is 18.3. The molecule has 2 aromatic carbocycles. The first kappa shape index (κ1) is 17.1. The van der Waals surface area contributed by atoms with E-state index in [1.165, 1.54) is 17.8 Å². The van der Waals surface area contributed by atoms with Gasteiger partial charge in [-0.05, 0) is 30.0 Å². The number of nitro benzene ring substituents is 1. The summed E-state index contributed by atoms with van der Waals surface area (Å²) in [7, 11) is 1.83. The predicted molar refractivity (Wildman–Crippen MR) is 101 cm³/mol. The smallest absolute Gasteiger partial charge is 0.283 e. The molecule has 0 fully saturated rings. The third-order valence-electron chi connectivity index (χ3n) is 4.24. The third-order valence-corrected chi connectivity index (χ3v) is 5.38. The number of fused-ring (bicyclic) bond motifs is 1. The molecule has 1 atom stereocenters. The summed E-state index contributed by atoms with van der Waals surface area (Å²) in [5.74, 6) is -0.219. The molecule has 8 nitrogen and oxygen atoms in total. The van der Waals surface area contributed by atoms with Crippen molar-refractivity contribution in [1.29, 1.82) is 0 Å². The summed E-state index contributed by atoms with van der Waals surface area (Å²) < 4.78 is 1.79. The molecule has 27 heavy (non-hydrogen) atoms. The summed E-state index contributed by atoms with van der Waals surface area (Å²) in [4.78, 5) is 28.2. The van der Waals surface area contributed by atoms with Crippen molar-refractivity contribution < 1.29 is 9.72 Å². The Labute approximate surface area is 158 Å². The second-order valence-corrected chi connectivity index (χ2v) is 7.01. The summed E-state index contributed by atoms with van der Waals surface area (Å²) in [6, 6.07) is 12.1. The number of carbonyl (C=O) groups excluding carboxylic acids is 1. The van der Waals surface area contributed by atoms with Gasteiger partial charge >= 0.3 is 0 Å². The van der Waals surface area contributed by atoms with Crippen LogP contribution in [0, 0.1) is 10.1 Å². The van der Waals surface area contributed by atoms with Crippen LogP contribution in [0.2, 0.25) is 0 Å². The fourth-order valence-electron chi connectivity index (χ4n) is 2.87. The van der Waals surface area contributed by atoms with Gasteiger partial charge in [0.15, 0.2) is 5.16 Å². The second-order valence-electron chi connectivity index (χ2n) is 6.00. The van der Waals surface area contributed by atoms with E-state index in [0.717, 1.165) is 0 Å². The van der Waals surface area contributed by atoms with Gasteiger partial charge in [-0.1, -0.05) is 18.2 Å². The van der Waals surface area contributed by atoms with Crippen LogP contribution in [0.15, 0.2) is 64.9 Å². The summed E-state index contributed by atoms with van der Waals surface area (Å²) in [5.41, 5.74) is 1.81. The van der Waals surface area contributed by atoms with Crippen LogP contribution in [0.3, 0.4) is 0 Å². The van der Waals surface area contributed by atoms with E-state index in [9.17, 15) is 14.9 Å². The lowest BCUT2D eigenvalue weighted by Crippen LogP contribution is -2.38. The first-order valence-corrected chi connectivity index (χ1v) is 8.94. The van der Waals surface area contributed by atoms with Crippen molar-refractivity contribution in [3.63, 3.8) is 0 Å². The first-order valence-electron chi connectivity index (χ1n) is 8.13. The van der Waals surface area contributed by atoms with E-state index in [4.69, 9.17) is 0 Å². The number of anilines is 1. The zero-order chi connectivity index (χ0) is 19.0. The molecule has 3 aromatic rings. The van der Waals surface area contributed by atoms with Crippen LogP contribution in [0.1, 0.15) is 22.1 Å². The van der Waals surface area contributed by atoms with Gasteiger partial charge in [-0.15, -0.1) is 0 Å². The van der Waals surface area contributed by atoms with E-state index in [1.807, 2.05) is 13.1 Å². The molecular formula is C18H15N5O3S. The number of para-hydroxylation sites is 1. The molecule has 4 rings (SSSR count). The fourth-order valence-corrected chi connectivity index (χ4v) is 3.75. The van der Waals surface area contributed by atoms with Crippen molar-refractivity contribution >= 4 is 29.0 Å². The van der Waals surface area contributed by atoms with Crippen molar-refractivity contribution in [2.45, 2.75) is 16.2 Å². The van der Waals surface area contributed by atoms with Gasteiger partial charge in [0.1, 0.15) is 6.17 Å². The average Bonchev–Trinajstić information content (AvgIpc) is 3.06. The number of hydrogen-bond acceptors (Lipinski definition) is 6. The van der Waals surface area contributed by atoms with Crippen molar-refractivity contribution in [2.75, 3.05) is 5.32 Å². The molecule has 0 aliphatic carbocycles. The number of benzene rings is 2. The van der Waals surface area contributed by atoms with E-state index in [1.54, 1.807) is 47.3 Å². The molecule has 2 heterocycles. The van der Waals surface area contributed by atoms with Gasteiger partial charge in [0.2, 0.25) is 0 Å². The van der Waals surface area contributed by atoms with E-state index >= 15 is 0 Å². The largest absolute Gasteiger partial charge is 0.361 e. The van der Waals surface area contributed by atoms with Crippen LogP contribution in [-0.2, 0) is 7.05 Å². The summed E-state index contributed by atoms with van der Waals surface area (Å²) in [6.45, 7) is 0. The highest BCUT2D eigenvalue weighted by molar-refractivity contribution is 7.99. The van der Waals surface area contributed by atoms with Gasteiger partial charge in [0.05, 0.1) is 15.4 Å². The molecule has 2 N–H and O–H groups in total. The van der Waals surface area contributed by atoms with Crippen LogP contribution < -0.4 is 10.6 Å². The van der Waals surface area contributed by atoms with Crippen molar-refractivity contribution in [1.82, 2.24) is 14.9 Å². The molecule has 0 saturated carbocycles. The van der Waals surface area contributed by atoms with Crippen molar-refractivity contribution in [3.05, 3.63) is 76.1 Å². The van der Waals surface area contributed by atoms with Crippen LogP contribution in [0.5, 0.6) is 0 Å². The highest BCUT2D eigenvalue weighted by atomic mass is 32.2. The Balaban J connectivity index is 1.67. The number of carbonyl (C=O) groups is 1. The standard InChI is InChI=1S/C18H15N5O3S/c1-22-9-8-19-18(22)27-15-7-6-11(10-14(15)23(25)26)16-20-13-5-3-2-4-12(13)17(24)21-16/h2-10,16,20H,1H3,(H,21,24)/t16-/m0/s1. The summed E-state index contributed by atoms with van der Waals surface area (Å²) >= 11 is 1.22. The van der Waals surface area contributed by atoms with Gasteiger partial charge < -0.3 is 15.2 Å². The number of rotatable bonds is 4. The van der Waals surface area contributed by atoms with Crippen molar-refractivity contribution in [2.24, 2.45) is 7.05 Å². The first-order chi connectivity index (χ1) is 13.0. The van der Waals surface area contributed by atoms with Gasteiger partial charge in [-0.25, -0.2) is 4.98 Å². The second kappa shape index (κ2) is 6.76. The number of nitrogens with one attached hydrogen (secondary N) is 2. The van der Waals surface area contributed by atoms with E-state index in [2.05, 4.69) is 15.6 Å². The van der Waals surface area contributed by atoms with E-state index in [0.29, 0.717) is 26.9 Å². The highest BCUT2D eigenvalue weighted by Crippen LogP contribution is 2.36. The van der Waals surface area contributed by atoms with Crippen LogP contribution in [0.25, 0.3) is 0 Å². The van der Waals surface area contributed by atoms with Gasteiger partial charge in [0, 0.05) is 36.8 Å². The lowest BCUT2D eigenvalue weighted by Gasteiger charge is -2.28. The maximum absolute atomic E-state index is 12.3. The number of hydrogen-bond donors (Lipinski definition) is 2. The van der Waals surface area contributed by atoms with Gasteiger partial charge in [-0.2, -0.15) is 0 Å². The number of aryl methyl sites for hydroxylation is 1. The molecule has 0 saturated heterocycles. The normalized spacial score (nSPS) is 15.6. The van der Waals surface area contributed by atoms with E-state index in [-0.39, 0.29) is 11.6 Å². The summed E-state index contributed by atoms with van der Waals surface area (Å²) in [6.07, 6.45) is 2.88. The minimum Gasteiger partial charge on any atom is -0.361 e. The lowest BCUT2D eigenvalue weighted by molar-refractivity contribution is -0.387. The molecule has 136 valence electrons. The third kappa shape index (κ3) is 3.24. The monoisotopic (exact) mass is 381 g/mol.